The summed E-state index contributed by atoms with van der Waals surface area (Å²) in [6, 6.07) is 14.5. The number of rotatable bonds is 3. The molecular weight excluding hydrogens is 398 g/mol. The van der Waals surface area contributed by atoms with Crippen LogP contribution < -0.4 is 16.0 Å². The van der Waals surface area contributed by atoms with Gasteiger partial charge in [-0.1, -0.05) is 17.2 Å². The van der Waals surface area contributed by atoms with Gasteiger partial charge in [0.25, 0.3) is 0 Å². The van der Waals surface area contributed by atoms with Crippen LogP contribution in [-0.2, 0) is 0 Å². The number of hydrogen-bond acceptors (Lipinski definition) is 6. The lowest BCUT2D eigenvalue weighted by atomic mass is 10.0. The Balaban J connectivity index is 1.72. The van der Waals surface area contributed by atoms with Gasteiger partial charge in [-0.25, -0.2) is 14.5 Å². The fraction of sp³-hybridized carbons (Fsp3) is 0.320. The van der Waals surface area contributed by atoms with E-state index >= 15 is 0 Å². The van der Waals surface area contributed by atoms with Crippen LogP contribution in [0.4, 0.5) is 11.6 Å². The van der Waals surface area contributed by atoms with E-state index in [-0.39, 0.29) is 5.54 Å². The molecule has 32 heavy (non-hydrogen) atoms. The van der Waals surface area contributed by atoms with E-state index in [9.17, 15) is 0 Å². The predicted octanol–water partition coefficient (Wildman–Crippen LogP) is 3.85. The minimum absolute atomic E-state index is 0.0382. The summed E-state index contributed by atoms with van der Waals surface area (Å²) in [6.07, 6.45) is 1.73. The molecule has 7 nitrogen and oxygen atoms in total. The summed E-state index contributed by atoms with van der Waals surface area (Å²) in [5, 5.41) is 8.62. The molecule has 1 aromatic carbocycles. The Morgan fingerprint density at radius 2 is 1.78 bits per heavy atom. The highest BCUT2D eigenvalue weighted by Gasteiger charge is 2.27. The van der Waals surface area contributed by atoms with E-state index in [0.29, 0.717) is 5.82 Å². The van der Waals surface area contributed by atoms with Gasteiger partial charge in [0.15, 0.2) is 5.65 Å². The Morgan fingerprint density at radius 3 is 2.50 bits per heavy atom. The van der Waals surface area contributed by atoms with Crippen molar-refractivity contribution in [1.29, 1.82) is 0 Å². The SMILES string of the molecule is Cc1cc(C)cc(-c2nc3ccc(N4CCNC(C)(C)C4)nn3c2-c2ccnc(N)c2)c1. The molecule has 0 aliphatic carbocycles. The van der Waals surface area contributed by atoms with Crippen molar-refractivity contribution in [2.45, 2.75) is 33.2 Å². The van der Waals surface area contributed by atoms with Gasteiger partial charge in [0.05, 0.1) is 5.69 Å². The lowest BCUT2D eigenvalue weighted by Gasteiger charge is -2.39. The molecule has 0 saturated carbocycles. The van der Waals surface area contributed by atoms with Gasteiger partial charge >= 0.3 is 0 Å². The maximum Gasteiger partial charge on any atom is 0.155 e. The highest BCUT2D eigenvalue weighted by atomic mass is 15.4. The van der Waals surface area contributed by atoms with Gasteiger partial charge in [-0.2, -0.15) is 0 Å². The normalized spacial score (nSPS) is 15.9. The second-order valence-electron chi connectivity index (χ2n) is 9.35. The van der Waals surface area contributed by atoms with Crippen molar-refractivity contribution in [3.63, 3.8) is 0 Å². The Bertz CT molecular complexity index is 1280. The van der Waals surface area contributed by atoms with Crippen molar-refractivity contribution in [2.75, 3.05) is 30.3 Å². The number of imidazole rings is 1. The number of nitrogens with zero attached hydrogens (tertiary/aromatic N) is 5. The van der Waals surface area contributed by atoms with Gasteiger partial charge < -0.3 is 16.0 Å². The van der Waals surface area contributed by atoms with E-state index in [0.717, 1.165) is 53.6 Å². The fourth-order valence-electron chi connectivity index (χ4n) is 4.60. The number of anilines is 2. The zero-order valence-corrected chi connectivity index (χ0v) is 19.1. The van der Waals surface area contributed by atoms with Gasteiger partial charge in [-0.3, -0.25) is 0 Å². The average molecular weight is 428 g/mol. The number of hydrogen-bond donors (Lipinski definition) is 2. The Labute approximate surface area is 188 Å². The summed E-state index contributed by atoms with van der Waals surface area (Å²) in [4.78, 5) is 11.5. The molecule has 1 saturated heterocycles. The summed E-state index contributed by atoms with van der Waals surface area (Å²) in [6.45, 7) is 11.4. The minimum Gasteiger partial charge on any atom is -0.384 e. The summed E-state index contributed by atoms with van der Waals surface area (Å²) >= 11 is 0. The van der Waals surface area contributed by atoms with Crippen LogP contribution in [0.25, 0.3) is 28.2 Å². The van der Waals surface area contributed by atoms with E-state index in [1.165, 1.54) is 11.1 Å². The van der Waals surface area contributed by atoms with Crippen LogP contribution in [0, 0.1) is 13.8 Å². The first-order valence-electron chi connectivity index (χ1n) is 11.0. The maximum absolute atomic E-state index is 6.05. The first-order valence-corrected chi connectivity index (χ1v) is 11.0. The molecule has 164 valence electrons. The second-order valence-corrected chi connectivity index (χ2v) is 9.35. The maximum atomic E-state index is 6.05. The second kappa shape index (κ2) is 7.60. The van der Waals surface area contributed by atoms with Crippen LogP contribution in [0.3, 0.4) is 0 Å². The van der Waals surface area contributed by atoms with Crippen LogP contribution >= 0.6 is 0 Å². The zero-order chi connectivity index (χ0) is 22.5. The van der Waals surface area contributed by atoms with E-state index in [2.05, 4.69) is 73.2 Å². The molecular formula is C25H29N7. The van der Waals surface area contributed by atoms with Crippen LogP contribution in [0.2, 0.25) is 0 Å². The molecule has 0 atom stereocenters. The van der Waals surface area contributed by atoms with Crippen molar-refractivity contribution >= 4 is 17.3 Å². The number of fused-ring (bicyclic) bond motifs is 1. The van der Waals surface area contributed by atoms with Crippen molar-refractivity contribution in [2.24, 2.45) is 0 Å². The number of nitrogens with one attached hydrogen (secondary N) is 1. The average Bonchev–Trinajstić information content (AvgIpc) is 3.11. The molecule has 1 aliphatic rings. The number of piperazine rings is 1. The molecule has 3 N–H and O–H groups in total. The smallest absolute Gasteiger partial charge is 0.155 e. The van der Waals surface area contributed by atoms with Crippen molar-refractivity contribution in [3.05, 3.63) is 59.8 Å². The number of nitrogens with two attached hydrogens (primary N) is 1. The van der Waals surface area contributed by atoms with Crippen LogP contribution in [0.15, 0.2) is 48.7 Å². The molecule has 0 bridgehead atoms. The lowest BCUT2D eigenvalue weighted by Crippen LogP contribution is -2.57. The topological polar surface area (TPSA) is 84.4 Å². The van der Waals surface area contributed by atoms with Crippen LogP contribution in [-0.4, -0.2) is 44.8 Å². The number of pyridine rings is 1. The van der Waals surface area contributed by atoms with Crippen molar-refractivity contribution in [3.8, 4) is 22.5 Å². The largest absolute Gasteiger partial charge is 0.384 e. The van der Waals surface area contributed by atoms with E-state index in [1.54, 1.807) is 6.20 Å². The molecule has 7 heteroatoms. The fourth-order valence-corrected chi connectivity index (χ4v) is 4.60. The third kappa shape index (κ3) is 3.80. The highest BCUT2D eigenvalue weighted by molar-refractivity contribution is 5.83. The number of nitrogen functional groups attached to an aromatic ring is 1. The molecule has 1 fully saturated rings. The molecule has 0 spiro atoms. The summed E-state index contributed by atoms with van der Waals surface area (Å²) in [7, 11) is 0. The first-order chi connectivity index (χ1) is 15.3. The molecule has 1 aliphatic heterocycles. The standard InChI is InChI=1S/C25H29N7/c1-16-11-17(2)13-19(12-16)23-24(18-7-8-27-20(26)14-18)32-21(29-23)5-6-22(30-32)31-10-9-28-25(3,4)15-31/h5-8,11-14,28H,9-10,15H2,1-4H3,(H2,26,27). The van der Waals surface area contributed by atoms with E-state index in [1.807, 2.05) is 16.6 Å². The predicted molar refractivity (Wildman–Crippen MR) is 130 cm³/mol. The van der Waals surface area contributed by atoms with Gasteiger partial charge in [0, 0.05) is 42.5 Å². The number of aromatic nitrogens is 4. The van der Waals surface area contributed by atoms with Crippen molar-refractivity contribution < 1.29 is 0 Å². The molecule has 3 aromatic heterocycles. The molecule has 0 unspecified atom stereocenters. The summed E-state index contributed by atoms with van der Waals surface area (Å²) < 4.78 is 1.95. The van der Waals surface area contributed by atoms with Gasteiger partial charge in [0.1, 0.15) is 17.3 Å². The van der Waals surface area contributed by atoms with Gasteiger partial charge in [-0.05, 0) is 64.1 Å². The van der Waals surface area contributed by atoms with E-state index < -0.39 is 0 Å². The molecule has 0 radical (unpaired) electrons. The van der Waals surface area contributed by atoms with Gasteiger partial charge in [0.2, 0.25) is 0 Å². The first kappa shape index (κ1) is 20.5. The summed E-state index contributed by atoms with van der Waals surface area (Å²) in [5.41, 5.74) is 13.1. The Kier molecular flexibility index (Phi) is 4.86. The molecule has 5 rings (SSSR count). The molecule has 4 aromatic rings. The summed E-state index contributed by atoms with van der Waals surface area (Å²) in [5.74, 6) is 1.42. The molecule has 4 heterocycles. The Hall–Kier alpha value is -3.45. The van der Waals surface area contributed by atoms with Gasteiger partial charge in [-0.15, -0.1) is 5.10 Å². The van der Waals surface area contributed by atoms with Crippen LogP contribution in [0.5, 0.6) is 0 Å². The zero-order valence-electron chi connectivity index (χ0n) is 19.1. The van der Waals surface area contributed by atoms with Crippen LogP contribution in [0.1, 0.15) is 25.0 Å². The number of benzene rings is 1. The molecule has 0 amide bonds. The minimum atomic E-state index is 0.0382. The number of aryl methyl sites for hydroxylation is 2. The third-order valence-corrected chi connectivity index (χ3v) is 5.91. The monoisotopic (exact) mass is 427 g/mol. The Morgan fingerprint density at radius 1 is 1.00 bits per heavy atom. The van der Waals surface area contributed by atoms with Crippen molar-refractivity contribution in [1.82, 2.24) is 24.9 Å². The quantitative estimate of drug-likeness (QED) is 0.517. The lowest BCUT2D eigenvalue weighted by molar-refractivity contribution is 0.351. The third-order valence-electron chi connectivity index (χ3n) is 5.91. The van der Waals surface area contributed by atoms with E-state index in [4.69, 9.17) is 15.8 Å². The highest BCUT2D eigenvalue weighted by Crippen LogP contribution is 2.34.